The molecule has 0 radical (unpaired) electrons. The highest BCUT2D eigenvalue weighted by molar-refractivity contribution is 5.94. The average molecular weight is 327 g/mol. The Morgan fingerprint density at radius 2 is 2.04 bits per heavy atom. The number of ether oxygens (including phenoxy) is 1. The zero-order valence-corrected chi connectivity index (χ0v) is 13.6. The van der Waals surface area contributed by atoms with Gasteiger partial charge in [0.05, 0.1) is 0 Å². The van der Waals surface area contributed by atoms with Crippen molar-refractivity contribution in [3.63, 3.8) is 0 Å². The molecule has 2 heterocycles. The largest absolute Gasteiger partial charge is 0.474 e. The van der Waals surface area contributed by atoms with Crippen molar-refractivity contribution in [2.75, 3.05) is 0 Å². The number of carbonyl (C=O) groups is 1. The van der Waals surface area contributed by atoms with E-state index in [-0.39, 0.29) is 23.6 Å². The van der Waals surface area contributed by atoms with Crippen molar-refractivity contribution in [2.24, 2.45) is 0 Å². The Balaban J connectivity index is 1.49. The molecular weight excluding hydrogens is 306 g/mol. The summed E-state index contributed by atoms with van der Waals surface area (Å²) in [5.41, 5.74) is 1.22. The minimum Gasteiger partial charge on any atom is -0.474 e. The maximum atomic E-state index is 12.2. The number of aromatic amines is 1. The van der Waals surface area contributed by atoms with E-state index in [0.717, 1.165) is 31.2 Å². The summed E-state index contributed by atoms with van der Waals surface area (Å²) in [6.07, 6.45) is 6.86. The Morgan fingerprint density at radius 1 is 1.25 bits per heavy atom. The van der Waals surface area contributed by atoms with Gasteiger partial charge in [-0.3, -0.25) is 9.59 Å². The fourth-order valence-corrected chi connectivity index (χ4v) is 2.87. The lowest BCUT2D eigenvalue weighted by Crippen LogP contribution is -2.40. The van der Waals surface area contributed by atoms with Crippen LogP contribution in [0.5, 0.6) is 5.88 Å². The van der Waals surface area contributed by atoms with Gasteiger partial charge < -0.3 is 15.0 Å². The average Bonchev–Trinajstić information content (AvgIpc) is 2.59. The van der Waals surface area contributed by atoms with Crippen LogP contribution >= 0.6 is 0 Å². The lowest BCUT2D eigenvalue weighted by atomic mass is 9.92. The summed E-state index contributed by atoms with van der Waals surface area (Å²) in [6, 6.07) is 6.90. The molecule has 126 valence electrons. The van der Waals surface area contributed by atoms with Crippen LogP contribution in [0.2, 0.25) is 0 Å². The van der Waals surface area contributed by atoms with Gasteiger partial charge in [-0.15, -0.1) is 0 Å². The lowest BCUT2D eigenvalue weighted by molar-refractivity contribution is 0.0890. The molecule has 6 nitrogen and oxygen atoms in total. The van der Waals surface area contributed by atoms with Gasteiger partial charge in [-0.2, -0.15) is 0 Å². The van der Waals surface area contributed by atoms with Gasteiger partial charge in [0.25, 0.3) is 5.91 Å². The number of carbonyl (C=O) groups excluding carboxylic acids is 1. The first kappa shape index (κ1) is 16.2. The van der Waals surface area contributed by atoms with Gasteiger partial charge >= 0.3 is 0 Å². The maximum absolute atomic E-state index is 12.2. The Kier molecular flexibility index (Phi) is 4.93. The lowest BCUT2D eigenvalue weighted by Gasteiger charge is -2.29. The van der Waals surface area contributed by atoms with Crippen molar-refractivity contribution in [3.8, 4) is 5.88 Å². The van der Waals surface area contributed by atoms with Gasteiger partial charge in [-0.1, -0.05) is 6.07 Å². The summed E-state index contributed by atoms with van der Waals surface area (Å²) in [4.78, 5) is 30.2. The Morgan fingerprint density at radius 3 is 2.71 bits per heavy atom. The predicted molar refractivity (Wildman–Crippen MR) is 90.2 cm³/mol. The number of nitrogens with one attached hydrogen (secondary N) is 2. The smallest absolute Gasteiger partial charge is 0.251 e. The van der Waals surface area contributed by atoms with E-state index >= 15 is 0 Å². The minimum absolute atomic E-state index is 0.114. The zero-order chi connectivity index (χ0) is 16.9. The van der Waals surface area contributed by atoms with Crippen LogP contribution in [0.1, 0.15) is 41.6 Å². The van der Waals surface area contributed by atoms with Crippen LogP contribution < -0.4 is 15.6 Å². The molecule has 0 aromatic carbocycles. The number of H-pyrrole nitrogens is 1. The van der Waals surface area contributed by atoms with E-state index in [2.05, 4.69) is 15.3 Å². The molecule has 1 fully saturated rings. The van der Waals surface area contributed by atoms with Crippen molar-refractivity contribution in [3.05, 3.63) is 58.1 Å². The van der Waals surface area contributed by atoms with Crippen molar-refractivity contribution < 1.29 is 9.53 Å². The molecule has 6 heteroatoms. The van der Waals surface area contributed by atoms with Crippen LogP contribution in [-0.4, -0.2) is 28.0 Å². The Hall–Kier alpha value is -2.63. The van der Waals surface area contributed by atoms with Gasteiger partial charge in [-0.25, -0.2) is 4.98 Å². The van der Waals surface area contributed by atoms with Crippen molar-refractivity contribution >= 4 is 5.91 Å². The molecule has 1 saturated carbocycles. The molecule has 1 aliphatic rings. The predicted octanol–water partition coefficient (Wildman–Crippen LogP) is 2.20. The molecule has 3 rings (SSSR count). The third kappa shape index (κ3) is 4.22. The van der Waals surface area contributed by atoms with Gasteiger partial charge in [-0.05, 0) is 44.2 Å². The van der Waals surface area contributed by atoms with Crippen LogP contribution in [0.15, 0.2) is 41.5 Å². The number of hydrogen-bond donors (Lipinski definition) is 2. The number of nitrogens with zero attached hydrogens (tertiary/aromatic N) is 1. The van der Waals surface area contributed by atoms with Crippen LogP contribution in [0.4, 0.5) is 0 Å². The van der Waals surface area contributed by atoms with Crippen LogP contribution in [0, 0.1) is 6.92 Å². The van der Waals surface area contributed by atoms with E-state index < -0.39 is 0 Å². The number of amides is 1. The molecule has 1 aliphatic carbocycles. The molecule has 0 saturated heterocycles. The van der Waals surface area contributed by atoms with E-state index in [1.807, 2.05) is 19.1 Å². The highest BCUT2D eigenvalue weighted by Gasteiger charge is 2.24. The molecule has 0 atom stereocenters. The van der Waals surface area contributed by atoms with E-state index in [9.17, 15) is 9.59 Å². The summed E-state index contributed by atoms with van der Waals surface area (Å²) >= 11 is 0. The quantitative estimate of drug-likeness (QED) is 0.901. The van der Waals surface area contributed by atoms with Crippen molar-refractivity contribution in [1.29, 1.82) is 0 Å². The first-order chi connectivity index (χ1) is 11.6. The highest BCUT2D eigenvalue weighted by Crippen LogP contribution is 2.23. The highest BCUT2D eigenvalue weighted by atomic mass is 16.5. The van der Waals surface area contributed by atoms with Crippen molar-refractivity contribution in [1.82, 2.24) is 15.3 Å². The van der Waals surface area contributed by atoms with E-state index in [0.29, 0.717) is 11.4 Å². The molecule has 1 amide bonds. The Labute approximate surface area is 140 Å². The SMILES string of the molecule is Cc1ccc(OC2CCC(NC(=O)c3cc[nH]c(=O)c3)CC2)nc1. The number of rotatable bonds is 4. The molecular formula is C18H21N3O3. The minimum atomic E-state index is -0.273. The number of aryl methyl sites for hydroxylation is 1. The monoisotopic (exact) mass is 327 g/mol. The second-order valence-electron chi connectivity index (χ2n) is 6.18. The molecule has 0 unspecified atom stereocenters. The fourth-order valence-electron chi connectivity index (χ4n) is 2.87. The summed E-state index contributed by atoms with van der Waals surface area (Å²) in [5, 5.41) is 2.99. The number of pyridine rings is 2. The first-order valence-corrected chi connectivity index (χ1v) is 8.19. The second-order valence-corrected chi connectivity index (χ2v) is 6.18. The third-order valence-corrected chi connectivity index (χ3v) is 4.22. The molecule has 0 spiro atoms. The number of aromatic nitrogens is 2. The van der Waals surface area contributed by atoms with Gasteiger partial charge in [0, 0.05) is 36.1 Å². The van der Waals surface area contributed by atoms with Gasteiger partial charge in [0.1, 0.15) is 6.10 Å². The number of hydrogen-bond acceptors (Lipinski definition) is 4. The fraction of sp³-hybridized carbons (Fsp3) is 0.389. The first-order valence-electron chi connectivity index (χ1n) is 8.19. The molecule has 2 aromatic heterocycles. The molecule has 2 aromatic rings. The summed E-state index contributed by atoms with van der Waals surface area (Å²) in [6.45, 7) is 1.99. The van der Waals surface area contributed by atoms with Gasteiger partial charge in [0.2, 0.25) is 11.4 Å². The maximum Gasteiger partial charge on any atom is 0.251 e. The van der Waals surface area contributed by atoms with Crippen LogP contribution in [-0.2, 0) is 0 Å². The van der Waals surface area contributed by atoms with Crippen LogP contribution in [0.3, 0.4) is 0 Å². The molecule has 0 bridgehead atoms. The van der Waals surface area contributed by atoms with E-state index in [1.165, 1.54) is 12.3 Å². The van der Waals surface area contributed by atoms with E-state index in [1.54, 1.807) is 12.3 Å². The summed E-state index contributed by atoms with van der Waals surface area (Å²) in [5.74, 6) is 0.447. The van der Waals surface area contributed by atoms with Gasteiger partial charge in [0.15, 0.2) is 0 Å². The second kappa shape index (κ2) is 7.29. The van der Waals surface area contributed by atoms with Crippen LogP contribution in [0.25, 0.3) is 0 Å². The summed E-state index contributed by atoms with van der Waals surface area (Å²) in [7, 11) is 0. The normalized spacial score (nSPS) is 20.4. The Bertz CT molecular complexity index is 747. The van der Waals surface area contributed by atoms with E-state index in [4.69, 9.17) is 4.74 Å². The standard InChI is InChI=1S/C18H21N3O3/c1-12-2-7-17(20-11-12)24-15-5-3-14(4-6-15)21-18(23)13-8-9-19-16(22)10-13/h2,7-11,14-15H,3-6H2,1H3,(H,19,22)(H,21,23). The zero-order valence-electron chi connectivity index (χ0n) is 13.6. The molecule has 24 heavy (non-hydrogen) atoms. The third-order valence-electron chi connectivity index (χ3n) is 4.22. The summed E-state index contributed by atoms with van der Waals surface area (Å²) < 4.78 is 5.89. The molecule has 2 N–H and O–H groups in total. The van der Waals surface area contributed by atoms with Crippen molar-refractivity contribution in [2.45, 2.75) is 44.8 Å². The topological polar surface area (TPSA) is 84.1 Å². The molecule has 0 aliphatic heterocycles.